The summed E-state index contributed by atoms with van der Waals surface area (Å²) in [5.74, 6) is -0.978. The van der Waals surface area contributed by atoms with E-state index in [9.17, 15) is 9.18 Å². The summed E-state index contributed by atoms with van der Waals surface area (Å²) in [5, 5.41) is 11.5. The highest BCUT2D eigenvalue weighted by atomic mass is 19.1. The molecule has 7 heteroatoms. The molecule has 1 atom stereocenters. The van der Waals surface area contributed by atoms with Crippen molar-refractivity contribution in [2.75, 3.05) is 7.05 Å². The molecule has 140 valence electrons. The first-order valence-electron chi connectivity index (χ1n) is 8.15. The monoisotopic (exact) mass is 353 g/mol. The molecule has 0 saturated carbocycles. The predicted molar refractivity (Wildman–Crippen MR) is 94.8 cm³/mol. The molecule has 0 aliphatic heterocycles. The third-order valence-electron chi connectivity index (χ3n) is 3.63. The molecule has 0 aromatic heterocycles. The van der Waals surface area contributed by atoms with Crippen LogP contribution < -0.4 is 5.73 Å². The molecule has 6 nitrogen and oxygen atoms in total. The largest absolute Gasteiger partial charge is 0.459 e. The minimum atomic E-state index is -0.584. The highest BCUT2D eigenvalue weighted by molar-refractivity contribution is 5.97. The number of carbonyl (C=O) groups is 1. The fourth-order valence-corrected chi connectivity index (χ4v) is 2.58. The molecule has 1 aromatic carbocycles. The molecule has 1 unspecified atom stereocenters. The molecular weight excluding hydrogens is 325 g/mol. The summed E-state index contributed by atoms with van der Waals surface area (Å²) < 4.78 is 19.8. The van der Waals surface area contributed by atoms with Crippen LogP contribution in [-0.4, -0.2) is 40.6 Å². The molecule has 0 spiro atoms. The summed E-state index contributed by atoms with van der Waals surface area (Å²) in [4.78, 5) is 14.2. The van der Waals surface area contributed by atoms with Crippen LogP contribution in [0.25, 0.3) is 0 Å². The number of hydrogen-bond donors (Lipinski definition) is 2. The van der Waals surface area contributed by atoms with Crippen LogP contribution in [0.2, 0.25) is 0 Å². The number of halogens is 1. The topological polar surface area (TPSA) is 88.2 Å². The van der Waals surface area contributed by atoms with E-state index in [1.165, 1.54) is 6.07 Å². The van der Waals surface area contributed by atoms with Crippen molar-refractivity contribution in [3.8, 4) is 0 Å². The lowest BCUT2D eigenvalue weighted by Crippen LogP contribution is -2.45. The van der Waals surface area contributed by atoms with Crippen molar-refractivity contribution < 1.29 is 19.1 Å². The highest BCUT2D eigenvalue weighted by Crippen LogP contribution is 2.20. The smallest absolute Gasteiger partial charge is 0.324 e. The van der Waals surface area contributed by atoms with E-state index in [0.717, 1.165) is 0 Å². The molecule has 1 rings (SSSR count). The molecular formula is C18H28FN3O3. The number of ether oxygens (including phenoxy) is 1. The zero-order valence-corrected chi connectivity index (χ0v) is 15.7. The van der Waals surface area contributed by atoms with Crippen molar-refractivity contribution in [2.45, 2.75) is 52.8 Å². The number of benzene rings is 1. The van der Waals surface area contributed by atoms with Gasteiger partial charge >= 0.3 is 5.97 Å². The van der Waals surface area contributed by atoms with Gasteiger partial charge in [-0.2, -0.15) is 0 Å². The van der Waals surface area contributed by atoms with Crippen LogP contribution in [0.1, 0.15) is 45.7 Å². The number of likely N-dealkylation sites (N-methyl/N-ethyl adjacent to an activating group) is 1. The van der Waals surface area contributed by atoms with Gasteiger partial charge in [0.2, 0.25) is 0 Å². The molecule has 0 radical (unpaired) electrons. The van der Waals surface area contributed by atoms with Crippen LogP contribution in [0, 0.1) is 11.7 Å². The molecule has 0 saturated heterocycles. The van der Waals surface area contributed by atoms with E-state index in [1.807, 2.05) is 34.6 Å². The number of rotatable bonds is 6. The van der Waals surface area contributed by atoms with E-state index in [1.54, 1.807) is 24.1 Å². The van der Waals surface area contributed by atoms with Crippen LogP contribution in [0.4, 0.5) is 4.39 Å². The summed E-state index contributed by atoms with van der Waals surface area (Å²) >= 11 is 0. The lowest BCUT2D eigenvalue weighted by atomic mass is 10.0. The number of hydrogen-bond acceptors (Lipinski definition) is 5. The van der Waals surface area contributed by atoms with Gasteiger partial charge in [0.1, 0.15) is 17.5 Å². The van der Waals surface area contributed by atoms with E-state index in [4.69, 9.17) is 15.7 Å². The minimum Gasteiger partial charge on any atom is -0.459 e. The van der Waals surface area contributed by atoms with E-state index < -0.39 is 17.5 Å². The number of amidine groups is 1. The predicted octanol–water partition coefficient (Wildman–Crippen LogP) is 2.72. The third-order valence-corrected chi connectivity index (χ3v) is 3.63. The van der Waals surface area contributed by atoms with Gasteiger partial charge in [0.05, 0.1) is 0 Å². The Morgan fingerprint density at radius 2 is 2.00 bits per heavy atom. The van der Waals surface area contributed by atoms with Gasteiger partial charge in [0, 0.05) is 17.7 Å². The lowest BCUT2D eigenvalue weighted by Gasteiger charge is -2.32. The van der Waals surface area contributed by atoms with Crippen molar-refractivity contribution in [1.82, 2.24) is 4.90 Å². The van der Waals surface area contributed by atoms with Crippen LogP contribution in [0.15, 0.2) is 23.4 Å². The first-order valence-corrected chi connectivity index (χ1v) is 8.15. The Kier molecular flexibility index (Phi) is 6.93. The highest BCUT2D eigenvalue weighted by Gasteiger charge is 2.31. The Morgan fingerprint density at radius 1 is 1.40 bits per heavy atom. The van der Waals surface area contributed by atoms with Gasteiger partial charge in [-0.15, -0.1) is 0 Å². The van der Waals surface area contributed by atoms with Crippen molar-refractivity contribution in [3.05, 3.63) is 35.1 Å². The average molecular weight is 353 g/mol. The van der Waals surface area contributed by atoms with Crippen LogP contribution in [0.5, 0.6) is 0 Å². The SMILES string of the molecule is CC(C)C(C(=O)OC(C)(C)C)N(C)Cc1ccc(C(N)=NO)cc1F. The fraction of sp³-hybridized carbons (Fsp3) is 0.556. The number of oxime groups is 1. The fourth-order valence-electron chi connectivity index (χ4n) is 2.58. The van der Waals surface area contributed by atoms with Gasteiger partial charge in [0.15, 0.2) is 5.84 Å². The maximum absolute atomic E-state index is 14.3. The first-order chi connectivity index (χ1) is 11.5. The summed E-state index contributed by atoms with van der Waals surface area (Å²) in [5.41, 5.74) is 5.58. The molecule has 3 N–H and O–H groups in total. The van der Waals surface area contributed by atoms with Gasteiger partial charge in [-0.3, -0.25) is 9.69 Å². The maximum atomic E-state index is 14.3. The van der Waals surface area contributed by atoms with E-state index in [-0.39, 0.29) is 24.3 Å². The van der Waals surface area contributed by atoms with Gasteiger partial charge in [0.25, 0.3) is 0 Å². The number of esters is 1. The molecule has 0 aliphatic rings. The van der Waals surface area contributed by atoms with Gasteiger partial charge < -0.3 is 15.7 Å². The van der Waals surface area contributed by atoms with Gasteiger partial charge in [-0.25, -0.2) is 4.39 Å². The Morgan fingerprint density at radius 3 is 2.44 bits per heavy atom. The molecule has 1 aromatic rings. The average Bonchev–Trinajstić information content (AvgIpc) is 2.46. The van der Waals surface area contributed by atoms with E-state index >= 15 is 0 Å². The van der Waals surface area contributed by atoms with E-state index in [2.05, 4.69) is 5.16 Å². The summed E-state index contributed by atoms with van der Waals surface area (Å²) in [6.45, 7) is 9.51. The van der Waals surface area contributed by atoms with Crippen LogP contribution >= 0.6 is 0 Å². The Labute approximate surface area is 148 Å². The van der Waals surface area contributed by atoms with Crippen molar-refractivity contribution in [3.63, 3.8) is 0 Å². The Bertz CT molecular complexity index is 639. The second-order valence-corrected chi connectivity index (χ2v) is 7.43. The van der Waals surface area contributed by atoms with Gasteiger partial charge in [-0.05, 0) is 39.8 Å². The summed E-state index contributed by atoms with van der Waals surface area (Å²) in [6.07, 6.45) is 0. The quantitative estimate of drug-likeness (QED) is 0.270. The molecule has 0 amide bonds. The zero-order valence-electron chi connectivity index (χ0n) is 15.7. The number of nitrogens with two attached hydrogens (primary N) is 1. The van der Waals surface area contributed by atoms with Crippen molar-refractivity contribution in [2.24, 2.45) is 16.8 Å². The standard InChI is InChI=1S/C18H28FN3O3/c1-11(2)15(17(23)25-18(3,4)5)22(6)10-13-8-7-12(9-14(13)19)16(20)21-24/h7-9,11,15,24H,10H2,1-6H3,(H2,20,21). The molecule has 0 heterocycles. The number of carbonyl (C=O) groups excluding carboxylic acids is 1. The molecule has 0 aliphatic carbocycles. The summed E-state index contributed by atoms with van der Waals surface area (Å²) in [7, 11) is 1.76. The minimum absolute atomic E-state index is 0.000601. The van der Waals surface area contributed by atoms with E-state index in [0.29, 0.717) is 11.1 Å². The number of nitrogens with zero attached hydrogens (tertiary/aromatic N) is 2. The van der Waals surface area contributed by atoms with Crippen LogP contribution in [0.3, 0.4) is 0 Å². The van der Waals surface area contributed by atoms with Crippen molar-refractivity contribution in [1.29, 1.82) is 0 Å². The second-order valence-electron chi connectivity index (χ2n) is 7.43. The Hall–Kier alpha value is -2.15. The third kappa shape index (κ3) is 6.01. The summed E-state index contributed by atoms with van der Waals surface area (Å²) in [6, 6.07) is 3.84. The molecule has 0 bridgehead atoms. The second kappa shape index (κ2) is 8.29. The molecule has 25 heavy (non-hydrogen) atoms. The van der Waals surface area contributed by atoms with Crippen LogP contribution in [-0.2, 0) is 16.1 Å². The molecule has 0 fully saturated rings. The Balaban J connectivity index is 2.97. The van der Waals surface area contributed by atoms with Gasteiger partial charge in [-0.1, -0.05) is 31.1 Å². The normalized spacial score (nSPS) is 14.0. The maximum Gasteiger partial charge on any atom is 0.324 e. The first kappa shape index (κ1) is 20.9. The van der Waals surface area contributed by atoms with Crippen molar-refractivity contribution >= 4 is 11.8 Å². The lowest BCUT2D eigenvalue weighted by molar-refractivity contribution is -0.163. The zero-order chi connectivity index (χ0) is 19.4.